The molecule has 2 amide bonds. The first-order valence-corrected chi connectivity index (χ1v) is 11.0. The summed E-state index contributed by atoms with van der Waals surface area (Å²) in [6, 6.07) is 26.4. The van der Waals surface area contributed by atoms with Gasteiger partial charge in [-0.15, -0.1) is 0 Å². The molecular formula is C27H28N2O3. The van der Waals surface area contributed by atoms with Gasteiger partial charge in [0.05, 0.1) is 25.6 Å². The number of nitrogens with zero attached hydrogens (tertiary/aromatic N) is 1. The molecule has 32 heavy (non-hydrogen) atoms. The molecule has 5 nitrogen and oxygen atoms in total. The fraction of sp³-hybridized carbons (Fsp3) is 0.259. The van der Waals surface area contributed by atoms with E-state index in [0.717, 1.165) is 36.3 Å². The van der Waals surface area contributed by atoms with Crippen LogP contribution < -0.4 is 10.1 Å². The summed E-state index contributed by atoms with van der Waals surface area (Å²) >= 11 is 0. The SMILES string of the molecule is COc1ccc(C2CCCN2C(=O)CC(NC(=O)c2ccccc2)c2ccccc2)cc1. The number of amides is 2. The Hall–Kier alpha value is -3.60. The molecule has 1 heterocycles. The topological polar surface area (TPSA) is 58.6 Å². The molecule has 0 aromatic heterocycles. The van der Waals surface area contributed by atoms with E-state index >= 15 is 0 Å². The lowest BCUT2D eigenvalue weighted by atomic mass is 10.0. The minimum absolute atomic E-state index is 0.0468. The van der Waals surface area contributed by atoms with E-state index in [4.69, 9.17) is 4.74 Å². The number of methoxy groups -OCH3 is 1. The van der Waals surface area contributed by atoms with Gasteiger partial charge in [-0.3, -0.25) is 9.59 Å². The average Bonchev–Trinajstić information content (AvgIpc) is 3.35. The highest BCUT2D eigenvalue weighted by Gasteiger charge is 2.31. The van der Waals surface area contributed by atoms with Crippen molar-refractivity contribution in [2.24, 2.45) is 0 Å². The Kier molecular flexibility index (Phi) is 6.85. The third kappa shape index (κ3) is 4.99. The van der Waals surface area contributed by atoms with Gasteiger partial charge in [0.1, 0.15) is 5.75 Å². The van der Waals surface area contributed by atoms with Crippen LogP contribution in [0.5, 0.6) is 5.75 Å². The first kappa shape index (κ1) is 21.6. The first-order chi connectivity index (χ1) is 15.7. The lowest BCUT2D eigenvalue weighted by Crippen LogP contribution is -2.36. The minimum Gasteiger partial charge on any atom is -0.497 e. The predicted octanol–water partition coefficient (Wildman–Crippen LogP) is 4.92. The predicted molar refractivity (Wildman–Crippen MR) is 124 cm³/mol. The van der Waals surface area contributed by atoms with Crippen molar-refractivity contribution in [3.05, 3.63) is 102 Å². The summed E-state index contributed by atoms with van der Waals surface area (Å²) in [6.07, 6.45) is 2.12. The van der Waals surface area contributed by atoms with Crippen LogP contribution in [0, 0.1) is 0 Å². The molecule has 0 spiro atoms. The second-order valence-electron chi connectivity index (χ2n) is 8.03. The van der Waals surface area contributed by atoms with E-state index in [1.807, 2.05) is 77.7 Å². The van der Waals surface area contributed by atoms with Crippen LogP contribution in [-0.2, 0) is 4.79 Å². The molecule has 2 unspecified atom stereocenters. The second-order valence-corrected chi connectivity index (χ2v) is 8.03. The molecule has 1 aliphatic heterocycles. The van der Waals surface area contributed by atoms with Crippen LogP contribution in [0.4, 0.5) is 0 Å². The average molecular weight is 429 g/mol. The van der Waals surface area contributed by atoms with Crippen molar-refractivity contribution in [2.45, 2.75) is 31.3 Å². The van der Waals surface area contributed by atoms with Crippen LogP contribution in [-0.4, -0.2) is 30.4 Å². The maximum Gasteiger partial charge on any atom is 0.251 e. The zero-order valence-electron chi connectivity index (χ0n) is 18.2. The number of nitrogens with one attached hydrogen (secondary N) is 1. The third-order valence-electron chi connectivity index (χ3n) is 6.00. The first-order valence-electron chi connectivity index (χ1n) is 11.0. The number of carbonyl (C=O) groups is 2. The van der Waals surface area contributed by atoms with Gasteiger partial charge >= 0.3 is 0 Å². The van der Waals surface area contributed by atoms with Crippen LogP contribution in [0.1, 0.15) is 52.8 Å². The summed E-state index contributed by atoms with van der Waals surface area (Å²) in [6.45, 7) is 0.726. The van der Waals surface area contributed by atoms with E-state index in [2.05, 4.69) is 5.32 Å². The lowest BCUT2D eigenvalue weighted by Gasteiger charge is -2.28. The number of hydrogen-bond acceptors (Lipinski definition) is 3. The summed E-state index contributed by atoms with van der Waals surface area (Å²) in [5.41, 5.74) is 2.62. The maximum atomic E-state index is 13.4. The van der Waals surface area contributed by atoms with Crippen LogP contribution in [0.3, 0.4) is 0 Å². The Balaban J connectivity index is 1.51. The second kappa shape index (κ2) is 10.1. The highest BCUT2D eigenvalue weighted by atomic mass is 16.5. The van der Waals surface area contributed by atoms with Crippen molar-refractivity contribution in [1.82, 2.24) is 10.2 Å². The zero-order chi connectivity index (χ0) is 22.3. The Morgan fingerprint density at radius 3 is 2.28 bits per heavy atom. The molecule has 5 heteroatoms. The van der Waals surface area contributed by atoms with Crippen LogP contribution >= 0.6 is 0 Å². The summed E-state index contributed by atoms with van der Waals surface area (Å²) in [7, 11) is 1.65. The smallest absolute Gasteiger partial charge is 0.251 e. The number of likely N-dealkylation sites (tertiary alicyclic amines) is 1. The molecule has 0 radical (unpaired) electrons. The highest BCUT2D eigenvalue weighted by molar-refractivity contribution is 5.94. The number of hydrogen-bond donors (Lipinski definition) is 1. The van der Waals surface area contributed by atoms with Crippen molar-refractivity contribution in [2.75, 3.05) is 13.7 Å². The highest BCUT2D eigenvalue weighted by Crippen LogP contribution is 2.34. The molecule has 0 aliphatic carbocycles. The molecule has 3 aromatic carbocycles. The molecule has 1 N–H and O–H groups in total. The van der Waals surface area contributed by atoms with Crippen LogP contribution in [0.15, 0.2) is 84.9 Å². The van der Waals surface area contributed by atoms with Crippen molar-refractivity contribution in [3.8, 4) is 5.75 Å². The van der Waals surface area contributed by atoms with Gasteiger partial charge in [0.25, 0.3) is 5.91 Å². The van der Waals surface area contributed by atoms with E-state index in [1.165, 1.54) is 0 Å². The largest absolute Gasteiger partial charge is 0.497 e. The number of rotatable bonds is 7. The fourth-order valence-electron chi connectivity index (χ4n) is 4.30. The number of benzene rings is 3. The van der Waals surface area contributed by atoms with Gasteiger partial charge in [0, 0.05) is 12.1 Å². The monoisotopic (exact) mass is 428 g/mol. The summed E-state index contributed by atoms with van der Waals surface area (Å²) in [4.78, 5) is 28.2. The quantitative estimate of drug-likeness (QED) is 0.581. The molecule has 1 aliphatic rings. The Labute approximate surface area is 189 Å². The molecule has 0 saturated carbocycles. The number of carbonyl (C=O) groups excluding carboxylic acids is 2. The molecular weight excluding hydrogens is 400 g/mol. The van der Waals surface area contributed by atoms with Crippen molar-refractivity contribution in [1.29, 1.82) is 0 Å². The van der Waals surface area contributed by atoms with Crippen molar-refractivity contribution >= 4 is 11.8 Å². The molecule has 0 bridgehead atoms. The van der Waals surface area contributed by atoms with E-state index < -0.39 is 6.04 Å². The Bertz CT molecular complexity index is 1040. The van der Waals surface area contributed by atoms with Gasteiger partial charge in [-0.2, -0.15) is 0 Å². The molecule has 4 rings (SSSR count). The standard InChI is InChI=1S/C27H28N2O3/c1-32-23-16-14-21(15-17-23)25-13-8-18-29(25)26(30)19-24(20-9-4-2-5-10-20)28-27(31)22-11-6-3-7-12-22/h2-7,9-12,14-17,24-25H,8,13,18-19H2,1H3,(H,28,31). The van der Waals surface area contributed by atoms with E-state index in [0.29, 0.717) is 5.56 Å². The van der Waals surface area contributed by atoms with Gasteiger partial charge in [0.15, 0.2) is 0 Å². The molecule has 3 aromatic rings. The fourth-order valence-corrected chi connectivity index (χ4v) is 4.30. The van der Waals surface area contributed by atoms with Crippen LogP contribution in [0.25, 0.3) is 0 Å². The molecule has 1 fully saturated rings. The van der Waals surface area contributed by atoms with E-state index in [1.54, 1.807) is 19.2 Å². The third-order valence-corrected chi connectivity index (χ3v) is 6.00. The van der Waals surface area contributed by atoms with Gasteiger partial charge in [-0.05, 0) is 48.2 Å². The van der Waals surface area contributed by atoms with Crippen molar-refractivity contribution < 1.29 is 14.3 Å². The molecule has 2 atom stereocenters. The van der Waals surface area contributed by atoms with E-state index in [-0.39, 0.29) is 24.3 Å². The Morgan fingerprint density at radius 2 is 1.62 bits per heavy atom. The van der Waals surface area contributed by atoms with Crippen LogP contribution in [0.2, 0.25) is 0 Å². The van der Waals surface area contributed by atoms with Gasteiger partial charge in [-0.1, -0.05) is 60.7 Å². The van der Waals surface area contributed by atoms with Gasteiger partial charge < -0.3 is 15.0 Å². The van der Waals surface area contributed by atoms with Gasteiger partial charge in [0.2, 0.25) is 5.91 Å². The summed E-state index contributed by atoms with van der Waals surface area (Å²) in [5.74, 6) is 0.670. The minimum atomic E-state index is -0.395. The normalized spacial score (nSPS) is 16.4. The maximum absolute atomic E-state index is 13.4. The Morgan fingerprint density at radius 1 is 0.969 bits per heavy atom. The van der Waals surface area contributed by atoms with Crippen molar-refractivity contribution in [3.63, 3.8) is 0 Å². The van der Waals surface area contributed by atoms with Gasteiger partial charge in [-0.25, -0.2) is 0 Å². The summed E-state index contributed by atoms with van der Waals surface area (Å²) in [5, 5.41) is 3.07. The zero-order valence-corrected chi connectivity index (χ0v) is 18.2. The molecule has 1 saturated heterocycles. The lowest BCUT2D eigenvalue weighted by molar-refractivity contribution is -0.132. The van der Waals surface area contributed by atoms with E-state index in [9.17, 15) is 9.59 Å². The summed E-state index contributed by atoms with van der Waals surface area (Å²) < 4.78 is 5.26. The number of ether oxygens (including phenoxy) is 1. The molecule has 164 valence electrons.